The fraction of sp³-hybridized carbons (Fsp3) is 0.438. The smallest absolute Gasteiger partial charge is 0.335 e. The van der Waals surface area contributed by atoms with Gasteiger partial charge in [0.05, 0.1) is 28.3 Å². The standard InChI is InChI=1S/C16H20N2O4S/c1-5-18(9-16(2,3)14(21)22-4)15-17-11-7-6-10(13(19)20)8-12(11)23-15/h6-8H,5,9H2,1-4H3,(H,19,20). The monoisotopic (exact) mass is 336 g/mol. The van der Waals surface area contributed by atoms with E-state index in [0.717, 1.165) is 15.3 Å². The normalized spacial score (nSPS) is 11.5. The van der Waals surface area contributed by atoms with Crippen LogP contribution in [0.5, 0.6) is 0 Å². The van der Waals surface area contributed by atoms with Crippen LogP contribution in [0.3, 0.4) is 0 Å². The number of esters is 1. The molecule has 0 saturated carbocycles. The Bertz CT molecular complexity index is 739. The molecule has 0 saturated heterocycles. The summed E-state index contributed by atoms with van der Waals surface area (Å²) in [6, 6.07) is 4.87. The van der Waals surface area contributed by atoms with Gasteiger partial charge in [0.2, 0.25) is 0 Å². The molecule has 0 aliphatic heterocycles. The average Bonchev–Trinajstić information content (AvgIpc) is 2.94. The fourth-order valence-electron chi connectivity index (χ4n) is 2.31. The second kappa shape index (κ2) is 6.54. The lowest BCUT2D eigenvalue weighted by Crippen LogP contribution is -2.40. The number of carboxylic acid groups (broad SMARTS) is 1. The number of hydrogen-bond donors (Lipinski definition) is 1. The van der Waals surface area contributed by atoms with Crippen molar-refractivity contribution in [1.29, 1.82) is 0 Å². The molecule has 1 aromatic heterocycles. The minimum atomic E-state index is -0.957. The summed E-state index contributed by atoms with van der Waals surface area (Å²) < 4.78 is 5.66. The lowest BCUT2D eigenvalue weighted by atomic mass is 9.93. The van der Waals surface area contributed by atoms with Gasteiger partial charge < -0.3 is 14.7 Å². The summed E-state index contributed by atoms with van der Waals surface area (Å²) in [6.45, 7) is 6.81. The quantitative estimate of drug-likeness (QED) is 0.817. The Labute approximate surface area is 138 Å². The van der Waals surface area contributed by atoms with Crippen molar-refractivity contribution in [1.82, 2.24) is 4.98 Å². The third kappa shape index (κ3) is 3.61. The Morgan fingerprint density at radius 1 is 1.39 bits per heavy atom. The number of carbonyl (C=O) groups excluding carboxylic acids is 1. The van der Waals surface area contributed by atoms with Gasteiger partial charge in [0.25, 0.3) is 0 Å². The fourth-order valence-corrected chi connectivity index (χ4v) is 3.38. The molecule has 0 aliphatic carbocycles. The maximum atomic E-state index is 11.9. The van der Waals surface area contributed by atoms with Crippen molar-refractivity contribution in [3.8, 4) is 0 Å². The minimum Gasteiger partial charge on any atom is -0.478 e. The number of carbonyl (C=O) groups is 2. The van der Waals surface area contributed by atoms with E-state index in [1.807, 2.05) is 25.7 Å². The van der Waals surface area contributed by atoms with Gasteiger partial charge in [-0.3, -0.25) is 4.79 Å². The summed E-state index contributed by atoms with van der Waals surface area (Å²) in [6.07, 6.45) is 0. The molecule has 0 bridgehead atoms. The third-order valence-corrected chi connectivity index (χ3v) is 4.68. The van der Waals surface area contributed by atoms with Crippen molar-refractivity contribution in [2.75, 3.05) is 25.1 Å². The Morgan fingerprint density at radius 3 is 2.65 bits per heavy atom. The average molecular weight is 336 g/mol. The van der Waals surface area contributed by atoms with E-state index in [-0.39, 0.29) is 11.5 Å². The minimum absolute atomic E-state index is 0.241. The first-order chi connectivity index (χ1) is 10.8. The number of ether oxygens (including phenoxy) is 1. The van der Waals surface area contributed by atoms with Crippen LogP contribution < -0.4 is 4.90 Å². The highest BCUT2D eigenvalue weighted by atomic mass is 32.1. The van der Waals surface area contributed by atoms with Crippen molar-refractivity contribution in [3.05, 3.63) is 23.8 Å². The molecule has 23 heavy (non-hydrogen) atoms. The maximum absolute atomic E-state index is 11.9. The molecule has 124 valence electrons. The van der Waals surface area contributed by atoms with Gasteiger partial charge in [0.15, 0.2) is 5.13 Å². The van der Waals surface area contributed by atoms with Crippen molar-refractivity contribution in [2.24, 2.45) is 5.41 Å². The summed E-state index contributed by atoms with van der Waals surface area (Å²) in [5, 5.41) is 9.84. The number of aromatic nitrogens is 1. The molecule has 0 aliphatic rings. The second-order valence-corrected chi connectivity index (χ2v) is 6.88. The highest BCUT2D eigenvalue weighted by molar-refractivity contribution is 7.22. The van der Waals surface area contributed by atoms with Gasteiger partial charge >= 0.3 is 11.9 Å². The Hall–Kier alpha value is -2.15. The van der Waals surface area contributed by atoms with Crippen LogP contribution >= 0.6 is 11.3 Å². The van der Waals surface area contributed by atoms with Crippen LogP contribution in [-0.4, -0.2) is 42.2 Å². The van der Waals surface area contributed by atoms with Crippen LogP contribution in [0.4, 0.5) is 5.13 Å². The number of fused-ring (bicyclic) bond motifs is 1. The number of carboxylic acids is 1. The van der Waals surface area contributed by atoms with Crippen molar-refractivity contribution in [3.63, 3.8) is 0 Å². The van der Waals surface area contributed by atoms with Crippen LogP contribution in [0.15, 0.2) is 18.2 Å². The van der Waals surface area contributed by atoms with E-state index < -0.39 is 11.4 Å². The predicted octanol–water partition coefficient (Wildman–Crippen LogP) is 3.02. The zero-order chi connectivity index (χ0) is 17.2. The van der Waals surface area contributed by atoms with Gasteiger partial charge in [0.1, 0.15) is 0 Å². The molecule has 0 fully saturated rings. The number of methoxy groups -OCH3 is 1. The van der Waals surface area contributed by atoms with Crippen LogP contribution in [0.1, 0.15) is 31.1 Å². The highest BCUT2D eigenvalue weighted by Gasteiger charge is 2.31. The van der Waals surface area contributed by atoms with E-state index in [9.17, 15) is 9.59 Å². The zero-order valence-corrected chi connectivity index (χ0v) is 14.4. The summed E-state index contributed by atoms with van der Waals surface area (Å²) in [5.41, 5.74) is 0.337. The lowest BCUT2D eigenvalue weighted by molar-refractivity contribution is -0.150. The summed E-state index contributed by atoms with van der Waals surface area (Å²) in [7, 11) is 1.38. The molecule has 7 heteroatoms. The first-order valence-electron chi connectivity index (χ1n) is 7.25. The number of thiazole rings is 1. The number of benzene rings is 1. The molecule has 0 atom stereocenters. The number of aromatic carboxylic acids is 1. The summed E-state index contributed by atoms with van der Waals surface area (Å²) in [4.78, 5) is 29.5. The maximum Gasteiger partial charge on any atom is 0.335 e. The molecule has 0 radical (unpaired) electrons. The van der Waals surface area contributed by atoms with Crippen LogP contribution in [-0.2, 0) is 9.53 Å². The van der Waals surface area contributed by atoms with E-state index >= 15 is 0 Å². The summed E-state index contributed by atoms with van der Waals surface area (Å²) in [5.74, 6) is -1.23. The largest absolute Gasteiger partial charge is 0.478 e. The van der Waals surface area contributed by atoms with Gasteiger partial charge in [-0.05, 0) is 39.0 Å². The topological polar surface area (TPSA) is 79.7 Å². The molecule has 2 rings (SSSR count). The van der Waals surface area contributed by atoms with E-state index in [1.165, 1.54) is 18.4 Å². The molecule has 6 nitrogen and oxygen atoms in total. The molecule has 0 spiro atoms. The van der Waals surface area contributed by atoms with Crippen LogP contribution in [0.25, 0.3) is 10.2 Å². The van der Waals surface area contributed by atoms with Gasteiger partial charge in [0, 0.05) is 13.1 Å². The van der Waals surface area contributed by atoms with E-state index in [0.29, 0.717) is 13.1 Å². The molecular weight excluding hydrogens is 316 g/mol. The number of rotatable bonds is 6. The van der Waals surface area contributed by atoms with Gasteiger partial charge in [-0.1, -0.05) is 11.3 Å². The van der Waals surface area contributed by atoms with E-state index in [4.69, 9.17) is 9.84 Å². The first-order valence-corrected chi connectivity index (χ1v) is 8.07. The predicted molar refractivity (Wildman–Crippen MR) is 90.3 cm³/mol. The number of hydrogen-bond acceptors (Lipinski definition) is 6. The first kappa shape index (κ1) is 17.2. The van der Waals surface area contributed by atoms with Crippen molar-refractivity contribution >= 4 is 38.6 Å². The zero-order valence-electron chi connectivity index (χ0n) is 13.6. The summed E-state index contributed by atoms with van der Waals surface area (Å²) >= 11 is 1.42. The molecule has 1 heterocycles. The molecular formula is C16H20N2O4S. The van der Waals surface area contributed by atoms with Gasteiger partial charge in [-0.25, -0.2) is 9.78 Å². The van der Waals surface area contributed by atoms with Crippen molar-refractivity contribution in [2.45, 2.75) is 20.8 Å². The van der Waals surface area contributed by atoms with E-state index in [1.54, 1.807) is 18.2 Å². The van der Waals surface area contributed by atoms with E-state index in [2.05, 4.69) is 4.98 Å². The van der Waals surface area contributed by atoms with Crippen LogP contribution in [0, 0.1) is 5.41 Å². The molecule has 0 unspecified atom stereocenters. The number of anilines is 1. The third-order valence-electron chi connectivity index (χ3n) is 3.60. The molecule has 0 amide bonds. The lowest BCUT2D eigenvalue weighted by Gasteiger charge is -2.29. The van der Waals surface area contributed by atoms with Gasteiger partial charge in [-0.2, -0.15) is 0 Å². The highest BCUT2D eigenvalue weighted by Crippen LogP contribution is 2.31. The SMILES string of the molecule is CCN(CC(C)(C)C(=O)OC)c1nc2ccc(C(=O)O)cc2s1. The Morgan fingerprint density at radius 2 is 2.09 bits per heavy atom. The van der Waals surface area contributed by atoms with Crippen molar-refractivity contribution < 1.29 is 19.4 Å². The Kier molecular flexibility index (Phi) is 4.89. The molecule has 2 aromatic rings. The Balaban J connectivity index is 2.33. The van der Waals surface area contributed by atoms with Crippen LogP contribution in [0.2, 0.25) is 0 Å². The second-order valence-electron chi connectivity index (χ2n) is 5.87. The molecule has 1 N–H and O–H groups in total. The number of nitrogens with zero attached hydrogens (tertiary/aromatic N) is 2. The van der Waals surface area contributed by atoms with Gasteiger partial charge in [-0.15, -0.1) is 0 Å². The molecule has 1 aromatic carbocycles.